The van der Waals surface area contributed by atoms with Gasteiger partial charge in [-0.3, -0.25) is 4.79 Å². The molecule has 0 aliphatic heterocycles. The van der Waals surface area contributed by atoms with Gasteiger partial charge in [-0.15, -0.1) is 0 Å². The summed E-state index contributed by atoms with van der Waals surface area (Å²) < 4.78 is 45.1. The summed E-state index contributed by atoms with van der Waals surface area (Å²) in [6, 6.07) is 5.13. The van der Waals surface area contributed by atoms with Crippen LogP contribution >= 0.6 is 0 Å². The number of hydrogen-bond acceptors (Lipinski definition) is 4. The van der Waals surface area contributed by atoms with Gasteiger partial charge in [-0.2, -0.15) is 13.2 Å². The van der Waals surface area contributed by atoms with Crippen LogP contribution in [-0.4, -0.2) is 31.9 Å². The minimum atomic E-state index is -4.39. The summed E-state index contributed by atoms with van der Waals surface area (Å²) in [6.45, 7) is -1.36. The van der Waals surface area contributed by atoms with Gasteiger partial charge in [0.05, 0.1) is 7.11 Å². The molecule has 7 heteroatoms. The van der Waals surface area contributed by atoms with Crippen molar-refractivity contribution in [3.8, 4) is 5.75 Å². The van der Waals surface area contributed by atoms with Gasteiger partial charge in [0.2, 0.25) is 0 Å². The maximum absolute atomic E-state index is 12.0. The molecule has 1 atom stereocenters. The highest BCUT2D eigenvalue weighted by Gasteiger charge is 2.28. The van der Waals surface area contributed by atoms with Gasteiger partial charge in [0.15, 0.2) is 6.61 Å². The summed E-state index contributed by atoms with van der Waals surface area (Å²) in [5, 5.41) is 0. The number of rotatable bonds is 5. The Hall–Kier alpha value is -1.76. The van der Waals surface area contributed by atoms with Gasteiger partial charge in [-0.05, 0) is 24.1 Å². The van der Waals surface area contributed by atoms with Crippen LogP contribution < -0.4 is 10.5 Å². The predicted molar refractivity (Wildman–Crippen MR) is 61.7 cm³/mol. The van der Waals surface area contributed by atoms with Crippen molar-refractivity contribution in [2.45, 2.75) is 18.6 Å². The van der Waals surface area contributed by atoms with Crippen LogP contribution in [0.15, 0.2) is 24.3 Å². The van der Waals surface area contributed by atoms with Gasteiger partial charge in [-0.25, -0.2) is 0 Å². The molecule has 0 spiro atoms. The van der Waals surface area contributed by atoms with Crippen LogP contribution in [0.2, 0.25) is 0 Å². The van der Waals surface area contributed by atoms with Crippen LogP contribution in [0.3, 0.4) is 0 Å². The summed E-state index contributed by atoms with van der Waals surface area (Å²) >= 11 is 0. The molecule has 0 heterocycles. The third kappa shape index (κ3) is 5.60. The number of benzene rings is 1. The standard InChI is InChI=1S/C12H14F3NO3/c1-18-11(17)10(16)6-8-3-2-4-9(5-8)19-7-12(13,14)15/h2-5,10H,6-7,16H2,1H3. The molecule has 0 radical (unpaired) electrons. The van der Waals surface area contributed by atoms with Crippen molar-refractivity contribution < 1.29 is 27.4 Å². The largest absolute Gasteiger partial charge is 0.484 e. The van der Waals surface area contributed by atoms with Gasteiger partial charge in [0.1, 0.15) is 11.8 Å². The summed E-state index contributed by atoms with van der Waals surface area (Å²) in [4.78, 5) is 11.1. The second-order valence-corrected chi connectivity index (χ2v) is 3.89. The van der Waals surface area contributed by atoms with Crippen molar-refractivity contribution in [1.82, 2.24) is 0 Å². The zero-order chi connectivity index (χ0) is 14.5. The number of halogens is 3. The molecule has 19 heavy (non-hydrogen) atoms. The molecule has 0 saturated heterocycles. The Bertz CT molecular complexity index is 434. The van der Waals surface area contributed by atoms with E-state index in [4.69, 9.17) is 5.73 Å². The van der Waals surface area contributed by atoms with E-state index in [0.29, 0.717) is 5.56 Å². The van der Waals surface area contributed by atoms with Crippen LogP contribution in [-0.2, 0) is 16.0 Å². The van der Waals surface area contributed by atoms with Crippen molar-refractivity contribution in [2.24, 2.45) is 5.73 Å². The summed E-state index contributed by atoms with van der Waals surface area (Å²) in [6.07, 6.45) is -4.23. The SMILES string of the molecule is COC(=O)C(N)Cc1cccc(OCC(F)(F)F)c1. The molecule has 0 saturated carbocycles. The van der Waals surface area contributed by atoms with Gasteiger partial charge < -0.3 is 15.2 Å². The van der Waals surface area contributed by atoms with Crippen molar-refractivity contribution in [2.75, 3.05) is 13.7 Å². The molecule has 0 aliphatic carbocycles. The molecule has 0 bridgehead atoms. The molecule has 1 aromatic carbocycles. The molecule has 106 valence electrons. The Morgan fingerprint density at radius 3 is 2.68 bits per heavy atom. The van der Waals surface area contributed by atoms with Crippen LogP contribution in [0.4, 0.5) is 13.2 Å². The second kappa shape index (κ2) is 6.42. The number of methoxy groups -OCH3 is 1. The highest BCUT2D eigenvalue weighted by atomic mass is 19.4. The monoisotopic (exact) mass is 277 g/mol. The fourth-order valence-electron chi connectivity index (χ4n) is 1.42. The summed E-state index contributed by atoms with van der Waals surface area (Å²) in [7, 11) is 1.21. The lowest BCUT2D eigenvalue weighted by Gasteiger charge is -2.12. The normalized spacial score (nSPS) is 12.9. The quantitative estimate of drug-likeness (QED) is 0.832. The first kappa shape index (κ1) is 15.3. The van der Waals surface area contributed by atoms with Crippen LogP contribution in [0.5, 0.6) is 5.75 Å². The third-order valence-electron chi connectivity index (χ3n) is 2.26. The van der Waals surface area contributed by atoms with Crippen molar-refractivity contribution in [1.29, 1.82) is 0 Å². The van der Waals surface area contributed by atoms with Gasteiger partial charge in [-0.1, -0.05) is 12.1 Å². The van der Waals surface area contributed by atoms with Gasteiger partial charge in [0, 0.05) is 0 Å². The smallest absolute Gasteiger partial charge is 0.422 e. The molecular formula is C12H14F3NO3. The number of alkyl halides is 3. The van der Waals surface area contributed by atoms with E-state index in [2.05, 4.69) is 9.47 Å². The van der Waals surface area contributed by atoms with Crippen molar-refractivity contribution in [3.63, 3.8) is 0 Å². The number of ether oxygens (including phenoxy) is 2. The second-order valence-electron chi connectivity index (χ2n) is 3.89. The lowest BCUT2D eigenvalue weighted by Crippen LogP contribution is -2.33. The molecule has 0 fully saturated rings. The highest BCUT2D eigenvalue weighted by Crippen LogP contribution is 2.19. The zero-order valence-electron chi connectivity index (χ0n) is 10.2. The van der Waals surface area contributed by atoms with Crippen LogP contribution in [0.1, 0.15) is 5.56 Å². The Labute approximate surface area is 108 Å². The zero-order valence-corrected chi connectivity index (χ0v) is 10.2. The van der Waals surface area contributed by atoms with E-state index in [1.165, 1.54) is 25.3 Å². The fourth-order valence-corrected chi connectivity index (χ4v) is 1.42. The lowest BCUT2D eigenvalue weighted by atomic mass is 10.1. The fraction of sp³-hybridized carbons (Fsp3) is 0.417. The summed E-state index contributed by atoms with van der Waals surface area (Å²) in [5.74, 6) is -0.506. The van der Waals surface area contributed by atoms with Crippen LogP contribution in [0, 0.1) is 0 Å². The van der Waals surface area contributed by atoms with E-state index in [-0.39, 0.29) is 12.2 Å². The minimum absolute atomic E-state index is 0.0758. The molecule has 1 rings (SSSR count). The first-order chi connectivity index (χ1) is 8.81. The molecule has 2 N–H and O–H groups in total. The Morgan fingerprint density at radius 2 is 2.11 bits per heavy atom. The van der Waals surface area contributed by atoms with Crippen molar-refractivity contribution in [3.05, 3.63) is 29.8 Å². The molecule has 1 aromatic rings. The van der Waals surface area contributed by atoms with Crippen LogP contribution in [0.25, 0.3) is 0 Å². The molecule has 0 amide bonds. The predicted octanol–water partition coefficient (Wildman–Crippen LogP) is 1.67. The average molecular weight is 277 g/mol. The molecule has 0 aliphatic rings. The lowest BCUT2D eigenvalue weighted by molar-refractivity contribution is -0.153. The molecular weight excluding hydrogens is 263 g/mol. The number of carbonyl (C=O) groups excluding carboxylic acids is 1. The van der Waals surface area contributed by atoms with E-state index in [1.807, 2.05) is 0 Å². The first-order valence-corrected chi connectivity index (χ1v) is 5.43. The van der Waals surface area contributed by atoms with E-state index < -0.39 is 24.8 Å². The first-order valence-electron chi connectivity index (χ1n) is 5.43. The van der Waals surface area contributed by atoms with E-state index in [1.54, 1.807) is 6.07 Å². The molecule has 4 nitrogen and oxygen atoms in total. The van der Waals surface area contributed by atoms with Gasteiger partial charge in [0.25, 0.3) is 0 Å². The highest BCUT2D eigenvalue weighted by molar-refractivity contribution is 5.75. The maximum Gasteiger partial charge on any atom is 0.422 e. The maximum atomic E-state index is 12.0. The Kier molecular flexibility index (Phi) is 5.17. The Morgan fingerprint density at radius 1 is 1.42 bits per heavy atom. The number of hydrogen-bond donors (Lipinski definition) is 1. The summed E-state index contributed by atoms with van der Waals surface area (Å²) in [5.41, 5.74) is 6.15. The third-order valence-corrected chi connectivity index (χ3v) is 2.26. The number of carbonyl (C=O) groups is 1. The van der Waals surface area contributed by atoms with E-state index in [9.17, 15) is 18.0 Å². The average Bonchev–Trinajstić information content (AvgIpc) is 2.35. The van der Waals surface area contributed by atoms with E-state index in [0.717, 1.165) is 0 Å². The number of esters is 1. The van der Waals surface area contributed by atoms with Gasteiger partial charge >= 0.3 is 12.1 Å². The van der Waals surface area contributed by atoms with Crippen molar-refractivity contribution >= 4 is 5.97 Å². The molecule has 0 aromatic heterocycles. The molecule has 1 unspecified atom stereocenters. The number of nitrogens with two attached hydrogens (primary N) is 1. The minimum Gasteiger partial charge on any atom is -0.484 e. The topological polar surface area (TPSA) is 61.5 Å². The Balaban J connectivity index is 2.64. The van der Waals surface area contributed by atoms with E-state index >= 15 is 0 Å².